The molecule has 3 rings (SSSR count). The van der Waals surface area contributed by atoms with E-state index in [0.29, 0.717) is 18.2 Å². The topological polar surface area (TPSA) is 56.1 Å². The number of carbonyl (C=O) groups excluding carboxylic acids is 1. The number of benzene rings is 2. The van der Waals surface area contributed by atoms with Crippen LogP contribution in [0, 0.1) is 6.92 Å². The summed E-state index contributed by atoms with van der Waals surface area (Å²) in [7, 11) is 1.62. The number of halogens is 1. The predicted molar refractivity (Wildman–Crippen MR) is 111 cm³/mol. The van der Waals surface area contributed by atoms with Crippen LogP contribution in [0.3, 0.4) is 0 Å². The summed E-state index contributed by atoms with van der Waals surface area (Å²) >= 11 is 6.47. The Labute approximate surface area is 169 Å². The standard InChI is InChI=1S/C22H22ClN3O2/c1-16-20(22(23)26(25-16)15-17-7-4-3-5-8-17)11-12-21(27)24-14-18-9-6-10-19(13-18)28-2/h3-13H,14-15H2,1-2H3,(H,24,27)/b12-11+. The van der Waals surface area contributed by atoms with E-state index < -0.39 is 0 Å². The Kier molecular flexibility index (Phi) is 6.50. The second kappa shape index (κ2) is 9.24. The highest BCUT2D eigenvalue weighted by Gasteiger charge is 2.11. The van der Waals surface area contributed by atoms with Crippen molar-refractivity contribution in [3.8, 4) is 5.75 Å². The number of hydrogen-bond acceptors (Lipinski definition) is 3. The van der Waals surface area contributed by atoms with Gasteiger partial charge in [0, 0.05) is 18.2 Å². The van der Waals surface area contributed by atoms with Crippen molar-refractivity contribution in [2.45, 2.75) is 20.0 Å². The fraction of sp³-hybridized carbons (Fsp3) is 0.182. The first-order valence-electron chi connectivity index (χ1n) is 8.92. The van der Waals surface area contributed by atoms with Crippen molar-refractivity contribution in [1.82, 2.24) is 15.1 Å². The minimum Gasteiger partial charge on any atom is -0.497 e. The van der Waals surface area contributed by atoms with E-state index >= 15 is 0 Å². The molecule has 0 unspecified atom stereocenters. The Bertz CT molecular complexity index is 981. The number of carbonyl (C=O) groups is 1. The lowest BCUT2D eigenvalue weighted by Crippen LogP contribution is -2.20. The molecule has 0 bridgehead atoms. The molecule has 28 heavy (non-hydrogen) atoms. The Balaban J connectivity index is 1.64. The highest BCUT2D eigenvalue weighted by Crippen LogP contribution is 2.22. The van der Waals surface area contributed by atoms with Gasteiger partial charge < -0.3 is 10.1 Å². The second-order valence-corrected chi connectivity index (χ2v) is 6.69. The molecule has 0 radical (unpaired) electrons. The van der Waals surface area contributed by atoms with Crippen LogP contribution in [0.4, 0.5) is 0 Å². The van der Waals surface area contributed by atoms with Crippen LogP contribution in [0.1, 0.15) is 22.4 Å². The number of aryl methyl sites for hydroxylation is 1. The van der Waals surface area contributed by atoms with Crippen LogP contribution >= 0.6 is 11.6 Å². The molecular weight excluding hydrogens is 374 g/mol. The van der Waals surface area contributed by atoms with Gasteiger partial charge in [0.15, 0.2) is 0 Å². The van der Waals surface area contributed by atoms with Gasteiger partial charge in [-0.15, -0.1) is 0 Å². The van der Waals surface area contributed by atoms with Gasteiger partial charge in [0.25, 0.3) is 0 Å². The quantitative estimate of drug-likeness (QED) is 0.609. The molecule has 1 aromatic heterocycles. The number of ether oxygens (including phenoxy) is 1. The lowest BCUT2D eigenvalue weighted by molar-refractivity contribution is -0.116. The molecule has 3 aromatic rings. The van der Waals surface area contributed by atoms with Gasteiger partial charge in [-0.05, 0) is 36.3 Å². The van der Waals surface area contributed by atoms with E-state index in [4.69, 9.17) is 16.3 Å². The van der Waals surface area contributed by atoms with E-state index in [-0.39, 0.29) is 5.91 Å². The molecule has 0 saturated heterocycles. The average molecular weight is 396 g/mol. The molecule has 144 valence electrons. The monoisotopic (exact) mass is 395 g/mol. The van der Waals surface area contributed by atoms with Crippen molar-refractivity contribution in [1.29, 1.82) is 0 Å². The van der Waals surface area contributed by atoms with Crippen LogP contribution in [0.15, 0.2) is 60.7 Å². The molecule has 0 saturated carbocycles. The summed E-state index contributed by atoms with van der Waals surface area (Å²) in [5, 5.41) is 7.85. The first kappa shape index (κ1) is 19.7. The van der Waals surface area contributed by atoms with Gasteiger partial charge >= 0.3 is 0 Å². The molecule has 0 aliphatic rings. The van der Waals surface area contributed by atoms with Crippen LogP contribution in [0.5, 0.6) is 5.75 Å². The summed E-state index contributed by atoms with van der Waals surface area (Å²) in [6, 6.07) is 17.5. The molecule has 1 amide bonds. The molecule has 1 heterocycles. The van der Waals surface area contributed by atoms with Crippen molar-refractivity contribution in [3.05, 3.63) is 88.2 Å². The molecule has 0 spiro atoms. The normalized spacial score (nSPS) is 11.0. The van der Waals surface area contributed by atoms with Crippen LogP contribution in [0.25, 0.3) is 6.08 Å². The number of nitrogens with zero attached hydrogens (tertiary/aromatic N) is 2. The van der Waals surface area contributed by atoms with E-state index in [1.54, 1.807) is 17.9 Å². The summed E-state index contributed by atoms with van der Waals surface area (Å²) < 4.78 is 6.92. The first-order valence-corrected chi connectivity index (χ1v) is 9.30. The fourth-order valence-electron chi connectivity index (χ4n) is 2.81. The van der Waals surface area contributed by atoms with Gasteiger partial charge in [0.2, 0.25) is 5.91 Å². The Morgan fingerprint density at radius 1 is 1.18 bits per heavy atom. The predicted octanol–water partition coefficient (Wildman–Crippen LogP) is 4.23. The summed E-state index contributed by atoms with van der Waals surface area (Å²) in [6.45, 7) is 2.87. The maximum Gasteiger partial charge on any atom is 0.244 e. The van der Waals surface area contributed by atoms with Gasteiger partial charge in [0.05, 0.1) is 19.3 Å². The van der Waals surface area contributed by atoms with Crippen molar-refractivity contribution in [2.24, 2.45) is 0 Å². The molecule has 1 N–H and O–H groups in total. The Hall–Kier alpha value is -3.05. The van der Waals surface area contributed by atoms with E-state index in [1.165, 1.54) is 6.08 Å². The van der Waals surface area contributed by atoms with Crippen molar-refractivity contribution in [2.75, 3.05) is 7.11 Å². The summed E-state index contributed by atoms with van der Waals surface area (Å²) in [5.74, 6) is 0.560. The van der Waals surface area contributed by atoms with E-state index in [2.05, 4.69) is 10.4 Å². The third-order valence-electron chi connectivity index (χ3n) is 4.29. The lowest BCUT2D eigenvalue weighted by atomic mass is 10.2. The van der Waals surface area contributed by atoms with Crippen LogP contribution in [-0.2, 0) is 17.9 Å². The molecular formula is C22H22ClN3O2. The Morgan fingerprint density at radius 3 is 2.68 bits per heavy atom. The van der Waals surface area contributed by atoms with Crippen LogP contribution in [0.2, 0.25) is 5.15 Å². The minimum absolute atomic E-state index is 0.200. The third-order valence-corrected chi connectivity index (χ3v) is 4.69. The van der Waals surface area contributed by atoms with Crippen LogP contribution < -0.4 is 10.1 Å². The maximum atomic E-state index is 12.2. The lowest BCUT2D eigenvalue weighted by Gasteiger charge is -2.05. The summed E-state index contributed by atoms with van der Waals surface area (Å²) in [6.07, 6.45) is 3.18. The molecule has 6 heteroatoms. The zero-order chi connectivity index (χ0) is 19.9. The molecule has 0 fully saturated rings. The van der Waals surface area contributed by atoms with Gasteiger partial charge in [0.1, 0.15) is 10.9 Å². The largest absolute Gasteiger partial charge is 0.497 e. The fourth-order valence-corrected chi connectivity index (χ4v) is 3.10. The molecule has 2 aromatic carbocycles. The van der Waals surface area contributed by atoms with Crippen LogP contribution in [-0.4, -0.2) is 22.8 Å². The highest BCUT2D eigenvalue weighted by atomic mass is 35.5. The number of aromatic nitrogens is 2. The SMILES string of the molecule is COc1cccc(CNC(=O)/C=C/c2c(C)nn(Cc3ccccc3)c2Cl)c1. The zero-order valence-electron chi connectivity index (χ0n) is 15.9. The Morgan fingerprint density at radius 2 is 1.93 bits per heavy atom. The molecule has 0 aliphatic heterocycles. The number of methoxy groups -OCH3 is 1. The van der Waals surface area contributed by atoms with Gasteiger partial charge in [-0.3, -0.25) is 4.79 Å². The van der Waals surface area contributed by atoms with E-state index in [0.717, 1.165) is 28.1 Å². The maximum absolute atomic E-state index is 12.2. The van der Waals surface area contributed by atoms with E-state index in [9.17, 15) is 4.79 Å². The van der Waals surface area contributed by atoms with Crippen molar-refractivity contribution in [3.63, 3.8) is 0 Å². The molecule has 0 aliphatic carbocycles. The number of amides is 1. The molecule has 5 nitrogen and oxygen atoms in total. The minimum atomic E-state index is -0.200. The molecule has 0 atom stereocenters. The van der Waals surface area contributed by atoms with Gasteiger partial charge in [-0.1, -0.05) is 54.1 Å². The highest BCUT2D eigenvalue weighted by molar-refractivity contribution is 6.31. The zero-order valence-corrected chi connectivity index (χ0v) is 16.6. The van der Waals surface area contributed by atoms with Gasteiger partial charge in [-0.2, -0.15) is 5.10 Å². The number of hydrogen-bond donors (Lipinski definition) is 1. The second-order valence-electron chi connectivity index (χ2n) is 6.34. The smallest absolute Gasteiger partial charge is 0.244 e. The van der Waals surface area contributed by atoms with Gasteiger partial charge in [-0.25, -0.2) is 4.68 Å². The summed E-state index contributed by atoms with van der Waals surface area (Å²) in [5.41, 5.74) is 3.59. The van der Waals surface area contributed by atoms with Crippen molar-refractivity contribution >= 4 is 23.6 Å². The first-order chi connectivity index (χ1) is 13.6. The summed E-state index contributed by atoms with van der Waals surface area (Å²) in [4.78, 5) is 12.2. The third kappa shape index (κ3) is 5.02. The number of nitrogens with one attached hydrogen (secondary N) is 1. The van der Waals surface area contributed by atoms with Crippen molar-refractivity contribution < 1.29 is 9.53 Å². The van der Waals surface area contributed by atoms with E-state index in [1.807, 2.05) is 61.5 Å². The number of rotatable bonds is 7. The average Bonchev–Trinajstić information content (AvgIpc) is 2.98.